The van der Waals surface area contributed by atoms with Crippen molar-refractivity contribution >= 4 is 12.0 Å². The molecule has 6 atom stereocenters. The molecule has 0 aromatic carbocycles. The normalized spacial score (nSPS) is 32.0. The van der Waals surface area contributed by atoms with Crippen LogP contribution in [0.2, 0.25) is 0 Å². The molecule has 4 aliphatic carbocycles. The van der Waals surface area contributed by atoms with Crippen LogP contribution in [0, 0.1) is 22.7 Å². The van der Waals surface area contributed by atoms with E-state index < -0.39 is 5.60 Å². The molecule has 44 heavy (non-hydrogen) atoms. The van der Waals surface area contributed by atoms with Gasteiger partial charge in [0.15, 0.2) is 0 Å². The second-order valence-corrected chi connectivity index (χ2v) is 15.4. The summed E-state index contributed by atoms with van der Waals surface area (Å²) in [6.45, 7) is 4.91. The van der Waals surface area contributed by atoms with E-state index in [0.29, 0.717) is 18.3 Å². The summed E-state index contributed by atoms with van der Waals surface area (Å²) in [5.74, 6) is 2.21. The third-order valence-electron chi connectivity index (χ3n) is 12.4. The predicted octanol–water partition coefficient (Wildman–Crippen LogP) is 11.1. The van der Waals surface area contributed by atoms with Crippen molar-refractivity contribution in [3.8, 4) is 0 Å². The Bertz CT molecular complexity index is 1100. The lowest BCUT2D eigenvalue weighted by atomic mass is 9.46. The zero-order valence-electron chi connectivity index (χ0n) is 28.1. The van der Waals surface area contributed by atoms with Gasteiger partial charge in [0.2, 0.25) is 0 Å². The molecule has 4 nitrogen and oxygen atoms in total. The lowest BCUT2D eigenvalue weighted by Gasteiger charge is -2.58. The van der Waals surface area contributed by atoms with E-state index in [1.165, 1.54) is 89.0 Å². The molecule has 1 aromatic heterocycles. The highest BCUT2D eigenvalue weighted by Crippen LogP contribution is 2.71. The second-order valence-electron chi connectivity index (χ2n) is 15.4. The zero-order valence-corrected chi connectivity index (χ0v) is 28.1. The SMILES string of the molecule is CCCCCCCCCC/C=C\CCCCCCCC(=O)OC[C@@]1(O)C[C@@]23CC[C@@H]4c5ccoc5C=C[C@@]4(C)[C@@H]2CC[C@@H]1C3. The van der Waals surface area contributed by atoms with Crippen molar-refractivity contribution in [1.29, 1.82) is 0 Å². The van der Waals surface area contributed by atoms with Gasteiger partial charge >= 0.3 is 5.97 Å². The van der Waals surface area contributed by atoms with Crippen molar-refractivity contribution in [2.45, 2.75) is 167 Å². The van der Waals surface area contributed by atoms with Gasteiger partial charge in [-0.15, -0.1) is 0 Å². The summed E-state index contributed by atoms with van der Waals surface area (Å²) in [6, 6.07) is 2.17. The fraction of sp³-hybridized carbons (Fsp3) is 0.775. The molecule has 0 radical (unpaired) electrons. The molecule has 1 heterocycles. The highest BCUT2D eigenvalue weighted by Gasteiger charge is 2.65. The molecule has 0 unspecified atom stereocenters. The highest BCUT2D eigenvalue weighted by molar-refractivity contribution is 5.69. The van der Waals surface area contributed by atoms with E-state index in [9.17, 15) is 9.90 Å². The maximum Gasteiger partial charge on any atom is 0.305 e. The van der Waals surface area contributed by atoms with E-state index in [1.54, 1.807) is 0 Å². The Kier molecular flexibility index (Phi) is 11.9. The van der Waals surface area contributed by atoms with Crippen molar-refractivity contribution in [2.24, 2.45) is 22.7 Å². The molecule has 5 rings (SSSR count). The molecule has 4 heteroatoms. The summed E-state index contributed by atoms with van der Waals surface area (Å²) >= 11 is 0. The molecule has 1 N–H and O–H groups in total. The fourth-order valence-corrected chi connectivity index (χ4v) is 10.0. The van der Waals surface area contributed by atoms with Gasteiger partial charge in [0.1, 0.15) is 18.0 Å². The smallest absolute Gasteiger partial charge is 0.305 e. The molecular weight excluding hydrogens is 544 g/mol. The van der Waals surface area contributed by atoms with Crippen molar-refractivity contribution in [2.75, 3.05) is 6.61 Å². The number of esters is 1. The average molecular weight is 607 g/mol. The van der Waals surface area contributed by atoms with Crippen LogP contribution in [-0.4, -0.2) is 23.3 Å². The summed E-state index contributed by atoms with van der Waals surface area (Å²) in [7, 11) is 0. The van der Waals surface area contributed by atoms with E-state index >= 15 is 0 Å². The number of fused-ring (bicyclic) bond motifs is 5. The first-order chi connectivity index (χ1) is 21.4. The standard InChI is InChI=1S/C40H62O4/c1-3-4-5-6-7-8-9-10-11-12-13-14-15-16-17-18-19-20-37(41)44-31-40(42)30-39-27-23-34-33-25-28-43-35(33)24-26-38(34,2)36(39)22-21-32(40)29-39/h12-13,24-26,28,32,34,36,42H,3-11,14-23,27,29-31H2,1-2H3/b13-12-/t32-,34-,36+,38-,39+,40+/m1/s1. The number of carbonyl (C=O) groups excluding carboxylic acids is 1. The van der Waals surface area contributed by atoms with Crippen molar-refractivity contribution in [3.05, 3.63) is 41.9 Å². The van der Waals surface area contributed by atoms with E-state index in [1.807, 2.05) is 6.26 Å². The number of ether oxygens (including phenoxy) is 1. The van der Waals surface area contributed by atoms with Gasteiger partial charge in [0.05, 0.1) is 6.26 Å². The van der Waals surface area contributed by atoms with E-state index in [-0.39, 0.29) is 29.3 Å². The summed E-state index contributed by atoms with van der Waals surface area (Å²) in [5.41, 5.74) is 0.763. The molecule has 246 valence electrons. The van der Waals surface area contributed by atoms with Gasteiger partial charge in [-0.05, 0) is 111 Å². The van der Waals surface area contributed by atoms with Gasteiger partial charge in [0.25, 0.3) is 0 Å². The summed E-state index contributed by atoms with van der Waals surface area (Å²) in [5, 5.41) is 11.9. The van der Waals surface area contributed by atoms with Crippen molar-refractivity contribution < 1.29 is 19.1 Å². The summed E-state index contributed by atoms with van der Waals surface area (Å²) in [6.07, 6.45) is 37.2. The monoisotopic (exact) mass is 606 g/mol. The zero-order chi connectivity index (χ0) is 30.9. The number of furan rings is 1. The van der Waals surface area contributed by atoms with E-state index in [2.05, 4.69) is 44.2 Å². The van der Waals surface area contributed by atoms with Crippen LogP contribution in [-0.2, 0) is 9.53 Å². The van der Waals surface area contributed by atoms with Gasteiger partial charge in [-0.25, -0.2) is 0 Å². The third-order valence-corrected chi connectivity index (χ3v) is 12.4. The number of allylic oxidation sites excluding steroid dienone is 3. The molecular formula is C40H62O4. The Labute approximate surface area is 268 Å². The van der Waals surface area contributed by atoms with Crippen LogP contribution in [0.4, 0.5) is 0 Å². The topological polar surface area (TPSA) is 59.7 Å². The first-order valence-electron chi connectivity index (χ1n) is 18.7. The summed E-state index contributed by atoms with van der Waals surface area (Å²) in [4.78, 5) is 12.6. The number of carbonyl (C=O) groups is 1. The minimum absolute atomic E-state index is 0.102. The Balaban J connectivity index is 0.928. The largest absolute Gasteiger partial charge is 0.465 e. The minimum Gasteiger partial charge on any atom is -0.465 e. The molecule has 1 spiro atoms. The number of hydrogen-bond donors (Lipinski definition) is 1. The van der Waals surface area contributed by atoms with Crippen molar-refractivity contribution in [1.82, 2.24) is 0 Å². The van der Waals surface area contributed by atoms with Crippen molar-refractivity contribution in [3.63, 3.8) is 0 Å². The van der Waals surface area contributed by atoms with Crippen LogP contribution in [0.5, 0.6) is 0 Å². The molecule has 3 fully saturated rings. The maximum absolute atomic E-state index is 12.6. The fourth-order valence-electron chi connectivity index (χ4n) is 10.0. The maximum atomic E-state index is 12.6. The molecule has 0 aliphatic heterocycles. The number of hydrogen-bond acceptors (Lipinski definition) is 4. The van der Waals surface area contributed by atoms with Crippen LogP contribution < -0.4 is 0 Å². The van der Waals surface area contributed by atoms with Crippen LogP contribution in [0.1, 0.15) is 172 Å². The first kappa shape index (κ1) is 33.6. The third kappa shape index (κ3) is 7.76. The van der Waals surface area contributed by atoms with Gasteiger partial charge in [-0.1, -0.05) is 96.3 Å². The molecule has 2 bridgehead atoms. The Hall–Kier alpha value is -1.81. The van der Waals surface area contributed by atoms with E-state index in [4.69, 9.17) is 9.15 Å². The Morgan fingerprint density at radius 1 is 0.955 bits per heavy atom. The number of aliphatic hydroxyl groups is 1. The lowest BCUT2D eigenvalue weighted by molar-refractivity contribution is -0.154. The second kappa shape index (κ2) is 15.7. The minimum atomic E-state index is -0.867. The number of rotatable bonds is 19. The van der Waals surface area contributed by atoms with Crippen LogP contribution in [0.15, 0.2) is 35.0 Å². The van der Waals surface area contributed by atoms with Gasteiger partial charge in [-0.3, -0.25) is 4.79 Å². The quantitative estimate of drug-likeness (QED) is 0.0967. The Morgan fingerprint density at radius 3 is 2.36 bits per heavy atom. The molecule has 0 amide bonds. The molecule has 3 saturated carbocycles. The molecule has 1 aromatic rings. The van der Waals surface area contributed by atoms with Gasteiger partial charge < -0.3 is 14.3 Å². The Morgan fingerprint density at radius 2 is 1.64 bits per heavy atom. The molecule has 0 saturated heterocycles. The summed E-state index contributed by atoms with van der Waals surface area (Å²) < 4.78 is 11.5. The van der Waals surface area contributed by atoms with Gasteiger partial charge in [0, 0.05) is 12.0 Å². The predicted molar refractivity (Wildman–Crippen MR) is 180 cm³/mol. The van der Waals surface area contributed by atoms with E-state index in [0.717, 1.165) is 57.1 Å². The molecule has 4 aliphatic rings. The van der Waals surface area contributed by atoms with Gasteiger partial charge in [-0.2, -0.15) is 0 Å². The highest BCUT2D eigenvalue weighted by atomic mass is 16.5. The van der Waals surface area contributed by atoms with Crippen LogP contribution in [0.3, 0.4) is 0 Å². The van der Waals surface area contributed by atoms with Crippen LogP contribution in [0.25, 0.3) is 6.08 Å². The average Bonchev–Trinajstić information content (AvgIpc) is 3.57. The lowest BCUT2D eigenvalue weighted by Crippen LogP contribution is -2.49. The van der Waals surface area contributed by atoms with Crippen LogP contribution >= 0.6 is 0 Å². The number of unbranched alkanes of at least 4 members (excludes halogenated alkanes) is 13. The first-order valence-corrected chi connectivity index (χ1v) is 18.7.